The van der Waals surface area contributed by atoms with Crippen LogP contribution in [0.25, 0.3) is 0 Å². The molecule has 1 aliphatic heterocycles. The molecule has 3 saturated carbocycles. The molecule has 0 aromatic heterocycles. The van der Waals surface area contributed by atoms with Crippen LogP contribution in [0, 0.1) is 11.3 Å². The molecule has 2 bridgehead atoms. The summed E-state index contributed by atoms with van der Waals surface area (Å²) in [6, 6.07) is 0. The molecule has 4 aliphatic rings. The van der Waals surface area contributed by atoms with Gasteiger partial charge in [0.05, 0.1) is 18.1 Å². The molecule has 136 valence electrons. The number of carbonyl (C=O) groups excluding carboxylic acids is 2. The van der Waals surface area contributed by atoms with Gasteiger partial charge in [-0.05, 0) is 30.6 Å². The van der Waals surface area contributed by atoms with Gasteiger partial charge in [-0.1, -0.05) is 0 Å². The Morgan fingerprint density at radius 3 is 2.38 bits per heavy atom. The van der Waals surface area contributed by atoms with Gasteiger partial charge < -0.3 is 10.2 Å². The molecule has 1 N–H and O–H groups in total. The van der Waals surface area contributed by atoms with E-state index in [0.29, 0.717) is 38.0 Å². The van der Waals surface area contributed by atoms with Crippen molar-refractivity contribution in [2.24, 2.45) is 11.3 Å². The third-order valence-electron chi connectivity index (χ3n) is 5.69. The number of carbonyl (C=O) groups is 2. The van der Waals surface area contributed by atoms with Crippen molar-refractivity contribution in [2.45, 2.75) is 25.7 Å². The van der Waals surface area contributed by atoms with Crippen molar-refractivity contribution < 1.29 is 18.0 Å². The Kier molecular flexibility index (Phi) is 4.88. The van der Waals surface area contributed by atoms with Gasteiger partial charge in [0.25, 0.3) is 0 Å². The van der Waals surface area contributed by atoms with Gasteiger partial charge in [0.15, 0.2) is 9.84 Å². The van der Waals surface area contributed by atoms with Crippen molar-refractivity contribution in [3.63, 3.8) is 0 Å². The first-order valence-corrected chi connectivity index (χ1v) is 10.5. The molecule has 3 aliphatic carbocycles. The summed E-state index contributed by atoms with van der Waals surface area (Å²) in [7, 11) is -1.20. The number of hydrogen-bond acceptors (Lipinski definition) is 5. The molecule has 0 radical (unpaired) electrons. The lowest BCUT2D eigenvalue weighted by Crippen LogP contribution is -2.54. The highest BCUT2D eigenvalue weighted by Gasteiger charge is 2.56. The third-order valence-corrected chi connectivity index (χ3v) is 7.30. The third kappa shape index (κ3) is 4.08. The highest BCUT2D eigenvalue weighted by molar-refractivity contribution is 7.91. The number of nitrogens with one attached hydrogen (secondary N) is 1. The Hall–Kier alpha value is -1.15. The molecular weight excluding hydrogens is 330 g/mol. The van der Waals surface area contributed by atoms with E-state index in [9.17, 15) is 18.0 Å². The number of amides is 2. The van der Waals surface area contributed by atoms with E-state index in [-0.39, 0.29) is 29.9 Å². The minimum Gasteiger partial charge on any atom is -0.354 e. The lowest BCUT2D eigenvalue weighted by atomic mass is 9.43. The molecule has 2 amide bonds. The Morgan fingerprint density at radius 2 is 1.83 bits per heavy atom. The Morgan fingerprint density at radius 1 is 1.21 bits per heavy atom. The normalized spacial score (nSPS) is 30.8. The van der Waals surface area contributed by atoms with Crippen LogP contribution in [0.1, 0.15) is 25.7 Å². The zero-order valence-electron chi connectivity index (χ0n) is 14.3. The van der Waals surface area contributed by atoms with E-state index in [1.54, 1.807) is 11.9 Å². The maximum Gasteiger partial charge on any atom is 0.236 e. The Bertz CT molecular complexity index is 588. The van der Waals surface area contributed by atoms with Gasteiger partial charge in [0.2, 0.25) is 11.8 Å². The smallest absolute Gasteiger partial charge is 0.236 e. The molecule has 0 atom stereocenters. The van der Waals surface area contributed by atoms with Crippen LogP contribution in [0.5, 0.6) is 0 Å². The van der Waals surface area contributed by atoms with Crippen LogP contribution in [0.4, 0.5) is 0 Å². The molecule has 4 fully saturated rings. The van der Waals surface area contributed by atoms with Crippen LogP contribution >= 0.6 is 0 Å². The van der Waals surface area contributed by atoms with Crippen LogP contribution in [-0.4, -0.2) is 81.3 Å². The predicted octanol–water partition coefficient (Wildman–Crippen LogP) is -0.518. The molecule has 8 heteroatoms. The van der Waals surface area contributed by atoms with Crippen LogP contribution in [0.15, 0.2) is 0 Å². The van der Waals surface area contributed by atoms with E-state index in [0.717, 1.165) is 5.92 Å². The van der Waals surface area contributed by atoms with E-state index in [1.165, 1.54) is 19.3 Å². The van der Waals surface area contributed by atoms with E-state index in [4.69, 9.17) is 0 Å². The van der Waals surface area contributed by atoms with Crippen molar-refractivity contribution in [1.82, 2.24) is 15.1 Å². The van der Waals surface area contributed by atoms with Gasteiger partial charge >= 0.3 is 0 Å². The zero-order chi connectivity index (χ0) is 17.4. The van der Waals surface area contributed by atoms with Crippen molar-refractivity contribution in [2.75, 3.05) is 51.3 Å². The summed E-state index contributed by atoms with van der Waals surface area (Å²) in [5.41, 5.74) is 0.311. The van der Waals surface area contributed by atoms with E-state index in [1.807, 2.05) is 4.90 Å². The van der Waals surface area contributed by atoms with E-state index in [2.05, 4.69) is 5.32 Å². The van der Waals surface area contributed by atoms with E-state index >= 15 is 0 Å². The fourth-order valence-corrected chi connectivity index (χ4v) is 5.26. The lowest BCUT2D eigenvalue weighted by Gasteiger charge is -2.61. The standard InChI is InChI=1S/C16H27N3O4S/c1-18(15(21)12-19-4-6-24(22,23)7-5-19)3-2-17-14(20)11-16-8-13(9-16)10-16/h13H,2-12H2,1H3,(H,17,20). The number of nitrogens with zero attached hydrogens (tertiary/aromatic N) is 2. The Balaban J connectivity index is 1.30. The van der Waals surface area contributed by atoms with Gasteiger partial charge in [-0.3, -0.25) is 14.5 Å². The molecule has 4 rings (SSSR count). The minimum absolute atomic E-state index is 0.0389. The van der Waals surface area contributed by atoms with Crippen LogP contribution in [0.3, 0.4) is 0 Å². The molecule has 7 nitrogen and oxygen atoms in total. The summed E-state index contributed by atoms with van der Waals surface area (Å²) in [4.78, 5) is 27.6. The molecule has 1 heterocycles. The maximum atomic E-state index is 12.2. The number of hydrogen-bond donors (Lipinski definition) is 1. The minimum atomic E-state index is -2.92. The topological polar surface area (TPSA) is 86.8 Å². The first-order valence-electron chi connectivity index (χ1n) is 8.70. The maximum absolute atomic E-state index is 12.2. The summed E-state index contributed by atoms with van der Waals surface area (Å²) in [6.07, 6.45) is 4.27. The monoisotopic (exact) mass is 357 g/mol. The second-order valence-corrected chi connectivity index (χ2v) is 10.1. The molecule has 0 unspecified atom stereocenters. The van der Waals surface area contributed by atoms with Gasteiger partial charge in [0, 0.05) is 39.6 Å². The molecule has 0 spiro atoms. The lowest BCUT2D eigenvalue weighted by molar-refractivity contribution is -0.144. The first-order chi connectivity index (χ1) is 11.3. The molecule has 0 aromatic carbocycles. The molecule has 0 aromatic rings. The second kappa shape index (κ2) is 6.63. The fraction of sp³-hybridized carbons (Fsp3) is 0.875. The van der Waals surface area contributed by atoms with Crippen molar-refractivity contribution >= 4 is 21.7 Å². The number of rotatable bonds is 7. The molecule has 1 saturated heterocycles. The fourth-order valence-electron chi connectivity index (χ4n) is 3.99. The SMILES string of the molecule is CN(CCNC(=O)CC12CC(C1)C2)C(=O)CN1CCS(=O)(=O)CC1. The largest absolute Gasteiger partial charge is 0.354 e. The summed E-state index contributed by atoms with van der Waals surface area (Å²) in [5, 5.41) is 2.91. The zero-order valence-corrected chi connectivity index (χ0v) is 15.1. The predicted molar refractivity (Wildman–Crippen MR) is 90.1 cm³/mol. The number of likely N-dealkylation sites (N-methyl/N-ethyl adjacent to an activating group) is 1. The van der Waals surface area contributed by atoms with Crippen LogP contribution in [-0.2, 0) is 19.4 Å². The summed E-state index contributed by atoms with van der Waals surface area (Å²) in [5.74, 6) is 1.19. The average Bonchev–Trinajstić information content (AvgIpc) is 2.43. The Labute approximate surface area is 143 Å². The quantitative estimate of drug-likeness (QED) is 0.663. The van der Waals surface area contributed by atoms with E-state index < -0.39 is 9.84 Å². The van der Waals surface area contributed by atoms with Crippen LogP contribution in [0.2, 0.25) is 0 Å². The molecule has 24 heavy (non-hydrogen) atoms. The van der Waals surface area contributed by atoms with Crippen molar-refractivity contribution in [3.8, 4) is 0 Å². The van der Waals surface area contributed by atoms with Gasteiger partial charge in [0.1, 0.15) is 0 Å². The van der Waals surface area contributed by atoms with Crippen molar-refractivity contribution in [1.29, 1.82) is 0 Å². The van der Waals surface area contributed by atoms with Crippen LogP contribution < -0.4 is 5.32 Å². The first kappa shape index (κ1) is 17.7. The van der Waals surface area contributed by atoms with Gasteiger partial charge in [-0.2, -0.15) is 0 Å². The highest BCUT2D eigenvalue weighted by Crippen LogP contribution is 2.66. The highest BCUT2D eigenvalue weighted by atomic mass is 32.2. The summed E-state index contributed by atoms with van der Waals surface area (Å²) >= 11 is 0. The summed E-state index contributed by atoms with van der Waals surface area (Å²) in [6.45, 7) is 2.02. The average molecular weight is 357 g/mol. The number of sulfone groups is 1. The van der Waals surface area contributed by atoms with Gasteiger partial charge in [-0.15, -0.1) is 0 Å². The summed E-state index contributed by atoms with van der Waals surface area (Å²) < 4.78 is 22.8. The second-order valence-electron chi connectivity index (χ2n) is 7.75. The molecular formula is C16H27N3O4S. The van der Waals surface area contributed by atoms with Gasteiger partial charge in [-0.25, -0.2) is 8.42 Å². The van der Waals surface area contributed by atoms with Crippen molar-refractivity contribution in [3.05, 3.63) is 0 Å².